The summed E-state index contributed by atoms with van der Waals surface area (Å²) in [5.74, 6) is 1.27. The van der Waals surface area contributed by atoms with Gasteiger partial charge in [0.05, 0.1) is 12.2 Å². The molecular weight excluding hydrogens is 200 g/mol. The highest BCUT2D eigenvalue weighted by atomic mass is 35.5. The molecule has 0 atom stereocenters. The summed E-state index contributed by atoms with van der Waals surface area (Å²) in [6.45, 7) is 0.696. The fourth-order valence-corrected chi connectivity index (χ4v) is 1.38. The van der Waals surface area contributed by atoms with E-state index in [9.17, 15) is 4.79 Å². The van der Waals surface area contributed by atoms with Gasteiger partial charge in [0.2, 0.25) is 0 Å². The normalized spacial score (nSPS) is 15.2. The maximum Gasteiger partial charge on any atom is 0.153 e. The molecule has 1 aromatic carbocycles. The molecule has 0 radical (unpaired) electrons. The number of ether oxygens (including phenoxy) is 1. The van der Waals surface area contributed by atoms with Crippen molar-refractivity contribution in [2.75, 3.05) is 6.61 Å². The number of halogens is 1. The molecule has 0 amide bonds. The lowest BCUT2D eigenvalue weighted by molar-refractivity contribution is 0.111. The molecule has 1 aliphatic rings. The Morgan fingerprint density at radius 1 is 1.50 bits per heavy atom. The molecule has 1 saturated carbocycles. The zero-order valence-electron chi connectivity index (χ0n) is 7.70. The molecule has 0 aliphatic heterocycles. The first-order valence-electron chi connectivity index (χ1n) is 4.67. The maximum atomic E-state index is 10.7. The topological polar surface area (TPSA) is 26.3 Å². The molecule has 1 aliphatic carbocycles. The average molecular weight is 211 g/mol. The van der Waals surface area contributed by atoms with Crippen molar-refractivity contribution in [1.82, 2.24) is 0 Å². The van der Waals surface area contributed by atoms with Crippen LogP contribution in [0.15, 0.2) is 18.2 Å². The van der Waals surface area contributed by atoms with Crippen LogP contribution < -0.4 is 4.74 Å². The van der Waals surface area contributed by atoms with Crippen LogP contribution in [0.3, 0.4) is 0 Å². The van der Waals surface area contributed by atoms with Gasteiger partial charge in [-0.1, -0.05) is 11.6 Å². The second-order valence-corrected chi connectivity index (χ2v) is 3.99. The van der Waals surface area contributed by atoms with Gasteiger partial charge in [0.15, 0.2) is 6.29 Å². The highest BCUT2D eigenvalue weighted by Gasteiger charge is 2.22. The van der Waals surface area contributed by atoms with Crippen molar-refractivity contribution in [2.24, 2.45) is 5.92 Å². The predicted molar refractivity (Wildman–Crippen MR) is 55.1 cm³/mol. The minimum absolute atomic E-state index is 0.565. The van der Waals surface area contributed by atoms with Crippen LogP contribution in [0.4, 0.5) is 0 Å². The van der Waals surface area contributed by atoms with Crippen LogP contribution in [-0.2, 0) is 0 Å². The van der Waals surface area contributed by atoms with E-state index < -0.39 is 0 Å². The molecule has 0 spiro atoms. The molecule has 74 valence electrons. The van der Waals surface area contributed by atoms with Gasteiger partial charge in [0.1, 0.15) is 5.75 Å². The maximum absolute atomic E-state index is 10.7. The standard InChI is InChI=1S/C11H11ClO2/c12-10-4-3-9(6-13)11(5-10)14-7-8-1-2-8/h3-6,8H,1-2,7H2. The second-order valence-electron chi connectivity index (χ2n) is 3.55. The largest absolute Gasteiger partial charge is 0.493 e. The summed E-state index contributed by atoms with van der Waals surface area (Å²) in [7, 11) is 0. The van der Waals surface area contributed by atoms with Gasteiger partial charge in [-0.05, 0) is 37.0 Å². The van der Waals surface area contributed by atoms with Crippen LogP contribution in [-0.4, -0.2) is 12.9 Å². The van der Waals surface area contributed by atoms with E-state index in [4.69, 9.17) is 16.3 Å². The number of rotatable bonds is 4. The van der Waals surface area contributed by atoms with Crippen LogP contribution in [0.1, 0.15) is 23.2 Å². The van der Waals surface area contributed by atoms with E-state index in [1.165, 1.54) is 12.8 Å². The lowest BCUT2D eigenvalue weighted by atomic mass is 10.2. The van der Waals surface area contributed by atoms with E-state index in [2.05, 4.69) is 0 Å². The van der Waals surface area contributed by atoms with E-state index in [1.807, 2.05) is 0 Å². The van der Waals surface area contributed by atoms with Crippen molar-refractivity contribution in [2.45, 2.75) is 12.8 Å². The molecule has 2 rings (SSSR count). The fourth-order valence-electron chi connectivity index (χ4n) is 1.22. The third-order valence-electron chi connectivity index (χ3n) is 2.27. The lowest BCUT2D eigenvalue weighted by Gasteiger charge is -2.07. The molecule has 1 fully saturated rings. The Kier molecular flexibility index (Phi) is 2.73. The lowest BCUT2D eigenvalue weighted by Crippen LogP contribution is -2.01. The van der Waals surface area contributed by atoms with Crippen LogP contribution in [0.5, 0.6) is 5.75 Å². The van der Waals surface area contributed by atoms with Crippen LogP contribution in [0.2, 0.25) is 5.02 Å². The van der Waals surface area contributed by atoms with Crippen molar-refractivity contribution in [1.29, 1.82) is 0 Å². The van der Waals surface area contributed by atoms with E-state index in [-0.39, 0.29) is 0 Å². The molecular formula is C11H11ClO2. The first kappa shape index (κ1) is 9.53. The second kappa shape index (κ2) is 4.01. The number of carbonyl (C=O) groups excluding carboxylic acids is 1. The Hall–Kier alpha value is -1.02. The minimum Gasteiger partial charge on any atom is -0.493 e. The van der Waals surface area contributed by atoms with Gasteiger partial charge in [-0.3, -0.25) is 4.79 Å². The zero-order valence-corrected chi connectivity index (χ0v) is 8.46. The molecule has 3 heteroatoms. The van der Waals surface area contributed by atoms with Crippen LogP contribution in [0.25, 0.3) is 0 Å². The molecule has 0 saturated heterocycles. The third-order valence-corrected chi connectivity index (χ3v) is 2.51. The molecule has 2 nitrogen and oxygen atoms in total. The van der Waals surface area contributed by atoms with Crippen molar-refractivity contribution in [3.8, 4) is 5.75 Å². The smallest absolute Gasteiger partial charge is 0.153 e. The summed E-state index contributed by atoms with van der Waals surface area (Å²) in [6.07, 6.45) is 3.26. The van der Waals surface area contributed by atoms with Crippen LogP contribution >= 0.6 is 11.6 Å². The Bertz CT molecular complexity index is 345. The van der Waals surface area contributed by atoms with Crippen molar-refractivity contribution in [3.63, 3.8) is 0 Å². The van der Waals surface area contributed by atoms with Crippen molar-refractivity contribution >= 4 is 17.9 Å². The Balaban J connectivity index is 2.11. The van der Waals surface area contributed by atoms with E-state index in [0.29, 0.717) is 28.9 Å². The van der Waals surface area contributed by atoms with Gasteiger partial charge in [0.25, 0.3) is 0 Å². The summed E-state index contributed by atoms with van der Waals surface area (Å²) in [4.78, 5) is 10.7. The number of hydrogen-bond donors (Lipinski definition) is 0. The van der Waals surface area contributed by atoms with Gasteiger partial charge < -0.3 is 4.74 Å². The molecule has 1 aromatic rings. The molecule has 0 aromatic heterocycles. The minimum atomic E-state index is 0.565. The van der Waals surface area contributed by atoms with Crippen molar-refractivity contribution < 1.29 is 9.53 Å². The quantitative estimate of drug-likeness (QED) is 0.715. The average Bonchev–Trinajstić information content (AvgIpc) is 2.98. The summed E-state index contributed by atoms with van der Waals surface area (Å²) in [5.41, 5.74) is 0.565. The van der Waals surface area contributed by atoms with E-state index >= 15 is 0 Å². The number of benzene rings is 1. The summed E-state index contributed by atoms with van der Waals surface area (Å²) < 4.78 is 5.52. The number of hydrogen-bond acceptors (Lipinski definition) is 2. The third kappa shape index (κ3) is 2.26. The fraction of sp³-hybridized carbons (Fsp3) is 0.364. The number of carbonyl (C=O) groups is 1. The first-order chi connectivity index (χ1) is 6.79. The molecule has 0 heterocycles. The van der Waals surface area contributed by atoms with E-state index in [1.54, 1.807) is 18.2 Å². The zero-order chi connectivity index (χ0) is 9.97. The Labute approximate surface area is 87.8 Å². The van der Waals surface area contributed by atoms with Crippen molar-refractivity contribution in [3.05, 3.63) is 28.8 Å². The monoisotopic (exact) mass is 210 g/mol. The molecule has 0 unspecified atom stereocenters. The summed E-state index contributed by atoms with van der Waals surface area (Å²) in [6, 6.07) is 5.06. The highest BCUT2D eigenvalue weighted by molar-refractivity contribution is 6.30. The SMILES string of the molecule is O=Cc1ccc(Cl)cc1OCC1CC1. The summed E-state index contributed by atoms with van der Waals surface area (Å²) in [5, 5.41) is 0.599. The first-order valence-corrected chi connectivity index (χ1v) is 5.05. The van der Waals surface area contributed by atoms with Gasteiger partial charge in [-0.2, -0.15) is 0 Å². The van der Waals surface area contributed by atoms with Crippen LogP contribution in [0, 0.1) is 5.92 Å². The van der Waals surface area contributed by atoms with E-state index in [0.717, 1.165) is 6.29 Å². The molecule has 0 bridgehead atoms. The van der Waals surface area contributed by atoms with Gasteiger partial charge in [-0.25, -0.2) is 0 Å². The van der Waals surface area contributed by atoms with Gasteiger partial charge >= 0.3 is 0 Å². The summed E-state index contributed by atoms with van der Waals surface area (Å²) >= 11 is 5.81. The predicted octanol–water partition coefficient (Wildman–Crippen LogP) is 2.94. The number of aldehydes is 1. The molecule has 14 heavy (non-hydrogen) atoms. The van der Waals surface area contributed by atoms with Gasteiger partial charge in [0, 0.05) is 5.02 Å². The molecule has 0 N–H and O–H groups in total. The Morgan fingerprint density at radius 3 is 2.93 bits per heavy atom. The highest BCUT2D eigenvalue weighted by Crippen LogP contribution is 2.30. The van der Waals surface area contributed by atoms with Gasteiger partial charge in [-0.15, -0.1) is 0 Å². The Morgan fingerprint density at radius 2 is 2.29 bits per heavy atom.